The Kier molecular flexibility index (Phi) is 3.24. The van der Waals surface area contributed by atoms with Crippen molar-refractivity contribution in [2.24, 2.45) is 16.6 Å². The van der Waals surface area contributed by atoms with Gasteiger partial charge in [-0.3, -0.25) is 0 Å². The molecule has 1 saturated carbocycles. The van der Waals surface area contributed by atoms with Crippen molar-refractivity contribution in [2.75, 3.05) is 5.75 Å². The average molecular weight is 369 g/mol. The summed E-state index contributed by atoms with van der Waals surface area (Å²) in [7, 11) is 0. The van der Waals surface area contributed by atoms with E-state index in [2.05, 4.69) is 22.0 Å². The van der Waals surface area contributed by atoms with Crippen molar-refractivity contribution in [3.8, 4) is 5.75 Å². The van der Waals surface area contributed by atoms with Crippen LogP contribution in [0.15, 0.2) is 27.7 Å². The van der Waals surface area contributed by atoms with Gasteiger partial charge in [-0.05, 0) is 31.0 Å². The average Bonchev–Trinajstić information content (AvgIpc) is 2.83. The number of hydrogen-bond donors (Lipinski definition) is 2. The van der Waals surface area contributed by atoms with E-state index in [0.717, 1.165) is 34.4 Å². The summed E-state index contributed by atoms with van der Waals surface area (Å²) in [5, 5.41) is 10.6. The molecule has 0 amide bonds. The summed E-state index contributed by atoms with van der Waals surface area (Å²) in [6.07, 6.45) is 2.18. The Morgan fingerprint density at radius 3 is 3.05 bits per heavy atom. The normalized spacial score (nSPS) is 37.6. The van der Waals surface area contributed by atoms with Gasteiger partial charge >= 0.3 is 0 Å². The maximum atomic E-state index is 9.97. The zero-order valence-electron chi connectivity index (χ0n) is 11.5. The fourth-order valence-electron chi connectivity index (χ4n) is 3.86. The lowest BCUT2D eigenvalue weighted by Crippen LogP contribution is -2.51. The molecule has 1 aromatic carbocycles. The summed E-state index contributed by atoms with van der Waals surface area (Å²) >= 11 is 5.17. The van der Waals surface area contributed by atoms with Gasteiger partial charge in [0, 0.05) is 28.1 Å². The van der Waals surface area contributed by atoms with Gasteiger partial charge in [0.1, 0.15) is 17.4 Å². The van der Waals surface area contributed by atoms with Crippen LogP contribution < -0.4 is 10.5 Å². The monoisotopic (exact) mass is 368 g/mol. The van der Waals surface area contributed by atoms with Gasteiger partial charge in [-0.25, -0.2) is 4.99 Å². The Balaban J connectivity index is 1.87. The van der Waals surface area contributed by atoms with Crippen LogP contribution in [-0.4, -0.2) is 28.2 Å². The zero-order chi connectivity index (χ0) is 14.6. The minimum atomic E-state index is -0.295. The number of aliphatic imine (C=N–C) groups is 1. The third kappa shape index (κ3) is 2.11. The molecule has 4 nitrogen and oxygen atoms in total. The number of aliphatic hydroxyl groups is 1. The van der Waals surface area contributed by atoms with Crippen molar-refractivity contribution in [3.63, 3.8) is 0 Å². The first kappa shape index (κ1) is 13.9. The van der Waals surface area contributed by atoms with Crippen LogP contribution in [0.2, 0.25) is 0 Å². The largest absolute Gasteiger partial charge is 0.490 e. The Hall–Kier alpha value is -0.720. The highest BCUT2D eigenvalue weighted by molar-refractivity contribution is 9.10. The number of thioether (sulfide) groups is 1. The van der Waals surface area contributed by atoms with E-state index in [9.17, 15) is 5.11 Å². The number of rotatable bonds is 0. The molecule has 0 radical (unpaired) electrons. The van der Waals surface area contributed by atoms with Crippen molar-refractivity contribution >= 4 is 32.9 Å². The van der Waals surface area contributed by atoms with E-state index < -0.39 is 0 Å². The molecule has 4 rings (SSSR count). The highest BCUT2D eigenvalue weighted by Gasteiger charge is 2.54. The molecular weight excluding hydrogens is 352 g/mol. The molecule has 0 bridgehead atoms. The van der Waals surface area contributed by atoms with Gasteiger partial charge in [0.25, 0.3) is 0 Å². The van der Waals surface area contributed by atoms with Crippen molar-refractivity contribution in [2.45, 2.75) is 37.0 Å². The van der Waals surface area contributed by atoms with E-state index in [1.165, 1.54) is 0 Å². The van der Waals surface area contributed by atoms with Gasteiger partial charge in [-0.1, -0.05) is 27.7 Å². The predicted molar refractivity (Wildman–Crippen MR) is 87.7 cm³/mol. The minimum Gasteiger partial charge on any atom is -0.490 e. The van der Waals surface area contributed by atoms with Crippen molar-refractivity contribution < 1.29 is 9.84 Å². The molecule has 3 aliphatic rings. The van der Waals surface area contributed by atoms with E-state index in [4.69, 9.17) is 15.5 Å². The van der Waals surface area contributed by atoms with Crippen LogP contribution in [0.5, 0.6) is 5.75 Å². The van der Waals surface area contributed by atoms with Gasteiger partial charge in [-0.2, -0.15) is 0 Å². The second-order valence-electron chi connectivity index (χ2n) is 6.03. The SMILES string of the molecule is NC1=NC2(CS1)c1cc(Br)ccc1O[C@H]1CC(O)CC[C@@H]12. The minimum absolute atomic E-state index is 0.0256. The topological polar surface area (TPSA) is 67.8 Å². The Bertz CT molecular complexity index is 624. The van der Waals surface area contributed by atoms with Gasteiger partial charge in [-0.15, -0.1) is 0 Å². The molecule has 1 fully saturated rings. The van der Waals surface area contributed by atoms with E-state index in [-0.39, 0.29) is 23.7 Å². The Labute approximate surface area is 136 Å². The Morgan fingerprint density at radius 1 is 1.43 bits per heavy atom. The number of halogens is 1. The van der Waals surface area contributed by atoms with Crippen molar-refractivity contribution in [3.05, 3.63) is 28.2 Å². The Morgan fingerprint density at radius 2 is 2.29 bits per heavy atom. The van der Waals surface area contributed by atoms with E-state index >= 15 is 0 Å². The molecular formula is C15H17BrN2O2S. The van der Waals surface area contributed by atoms with Crippen LogP contribution in [-0.2, 0) is 5.54 Å². The summed E-state index contributed by atoms with van der Waals surface area (Å²) in [6.45, 7) is 0. The van der Waals surface area contributed by atoms with Crippen LogP contribution in [0.1, 0.15) is 24.8 Å². The highest BCUT2D eigenvalue weighted by atomic mass is 79.9. The smallest absolute Gasteiger partial charge is 0.154 e. The standard InChI is InChI=1S/C15H17BrN2O2S/c16-8-1-4-12-11(5-8)15(7-21-14(17)18-15)10-3-2-9(19)6-13(10)20-12/h1,4-5,9-10,13,19H,2-3,6-7H2,(H2,17,18)/t9?,10-,13-,15?/m0/s1. The first-order chi connectivity index (χ1) is 10.1. The van der Waals surface area contributed by atoms with Gasteiger partial charge in [0.15, 0.2) is 5.17 Å². The number of nitrogens with zero attached hydrogens (tertiary/aromatic N) is 1. The molecule has 1 aliphatic carbocycles. The lowest BCUT2D eigenvalue weighted by molar-refractivity contribution is -0.0246. The summed E-state index contributed by atoms with van der Waals surface area (Å²) in [5.74, 6) is 2.03. The fraction of sp³-hybridized carbons (Fsp3) is 0.533. The van der Waals surface area contributed by atoms with Gasteiger partial charge in [0.05, 0.1) is 6.10 Å². The summed E-state index contributed by atoms with van der Waals surface area (Å²) in [6, 6.07) is 6.09. The summed E-state index contributed by atoms with van der Waals surface area (Å²) in [4.78, 5) is 4.85. The molecule has 2 unspecified atom stereocenters. The molecule has 1 aromatic rings. The second-order valence-corrected chi connectivity index (χ2v) is 7.94. The molecule has 0 aromatic heterocycles. The second kappa shape index (κ2) is 4.89. The van der Waals surface area contributed by atoms with Crippen LogP contribution in [0.4, 0.5) is 0 Å². The van der Waals surface area contributed by atoms with Gasteiger partial charge in [0.2, 0.25) is 0 Å². The number of amidine groups is 1. The quantitative estimate of drug-likeness (QED) is 0.738. The van der Waals surface area contributed by atoms with Gasteiger partial charge < -0.3 is 15.6 Å². The summed E-state index contributed by atoms with van der Waals surface area (Å²) in [5.41, 5.74) is 6.83. The molecule has 6 heteroatoms. The number of benzene rings is 1. The van der Waals surface area contributed by atoms with Crippen LogP contribution in [0.3, 0.4) is 0 Å². The molecule has 2 heterocycles. The number of hydrogen-bond acceptors (Lipinski definition) is 5. The van der Waals surface area contributed by atoms with E-state index in [1.807, 2.05) is 12.1 Å². The number of nitrogens with two attached hydrogens (primary N) is 1. The number of fused-ring (bicyclic) bond motifs is 4. The maximum absolute atomic E-state index is 9.97. The molecule has 21 heavy (non-hydrogen) atoms. The molecule has 4 atom stereocenters. The predicted octanol–water partition coefficient (Wildman–Crippen LogP) is 2.63. The zero-order valence-corrected chi connectivity index (χ0v) is 13.9. The first-order valence-electron chi connectivity index (χ1n) is 7.21. The van der Waals surface area contributed by atoms with E-state index in [1.54, 1.807) is 11.8 Å². The molecule has 112 valence electrons. The number of aliphatic hydroxyl groups excluding tert-OH is 1. The van der Waals surface area contributed by atoms with Crippen LogP contribution in [0, 0.1) is 5.92 Å². The molecule has 2 aliphatic heterocycles. The van der Waals surface area contributed by atoms with Crippen molar-refractivity contribution in [1.82, 2.24) is 0 Å². The van der Waals surface area contributed by atoms with Crippen molar-refractivity contribution in [1.29, 1.82) is 0 Å². The highest BCUT2D eigenvalue weighted by Crippen LogP contribution is 2.54. The summed E-state index contributed by atoms with van der Waals surface area (Å²) < 4.78 is 7.21. The first-order valence-corrected chi connectivity index (χ1v) is 8.99. The molecule has 1 spiro atoms. The maximum Gasteiger partial charge on any atom is 0.154 e. The third-order valence-electron chi connectivity index (χ3n) is 4.81. The lowest BCUT2D eigenvalue weighted by atomic mass is 9.68. The molecule has 3 N–H and O–H groups in total. The fourth-order valence-corrected chi connectivity index (χ4v) is 5.25. The van der Waals surface area contributed by atoms with Crippen LogP contribution in [0.25, 0.3) is 0 Å². The van der Waals surface area contributed by atoms with Crippen LogP contribution >= 0.6 is 27.7 Å². The molecule has 0 saturated heterocycles. The lowest BCUT2D eigenvalue weighted by Gasteiger charge is -2.47. The van der Waals surface area contributed by atoms with E-state index in [0.29, 0.717) is 11.6 Å². The third-order valence-corrected chi connectivity index (χ3v) is 6.28. The number of ether oxygens (including phenoxy) is 1.